The van der Waals surface area contributed by atoms with Crippen molar-refractivity contribution < 1.29 is 36.5 Å². The summed E-state index contributed by atoms with van der Waals surface area (Å²) in [4.78, 5) is 3.78. The molecule has 2 fully saturated rings. The quantitative estimate of drug-likeness (QED) is 0.506. The number of aliphatic hydroxyl groups is 2. The molecule has 34 heavy (non-hydrogen) atoms. The molecule has 3 heterocycles. The summed E-state index contributed by atoms with van der Waals surface area (Å²) in [7, 11) is -3.74. The minimum atomic E-state index is -4.42. The van der Waals surface area contributed by atoms with E-state index in [0.29, 0.717) is 31.9 Å². The van der Waals surface area contributed by atoms with Crippen LogP contribution in [0.5, 0.6) is 0 Å². The summed E-state index contributed by atoms with van der Waals surface area (Å²) in [5.41, 5.74) is -0.248. The van der Waals surface area contributed by atoms with Crippen LogP contribution in [0.25, 0.3) is 0 Å². The van der Waals surface area contributed by atoms with Crippen molar-refractivity contribution in [3.63, 3.8) is 0 Å². The zero-order valence-electron chi connectivity index (χ0n) is 18.1. The average molecular weight is 522 g/mol. The Morgan fingerprint density at radius 1 is 1.12 bits per heavy atom. The number of hydrogen-bond acceptors (Lipinski definition) is 8. The molecule has 3 N–H and O–H groups in total. The van der Waals surface area contributed by atoms with Crippen LogP contribution in [0, 0.1) is 0 Å². The van der Waals surface area contributed by atoms with Gasteiger partial charge in [0.1, 0.15) is 16.4 Å². The van der Waals surface area contributed by atoms with Gasteiger partial charge in [-0.2, -0.15) is 13.2 Å². The number of thiophene rings is 1. The third-order valence-corrected chi connectivity index (χ3v) is 8.97. The second-order valence-electron chi connectivity index (χ2n) is 8.23. The third kappa shape index (κ3) is 5.40. The van der Waals surface area contributed by atoms with Crippen molar-refractivity contribution in [1.82, 2.24) is 9.62 Å². The fourth-order valence-electron chi connectivity index (χ4n) is 4.43. The van der Waals surface area contributed by atoms with E-state index in [-0.39, 0.29) is 10.8 Å². The van der Waals surface area contributed by atoms with Gasteiger partial charge in [-0.3, -0.25) is 4.90 Å². The molecule has 2 aliphatic heterocycles. The largest absolute Gasteiger partial charge is 0.416 e. The molecule has 1 aromatic heterocycles. The molecule has 188 valence electrons. The molecule has 0 bridgehead atoms. The van der Waals surface area contributed by atoms with Gasteiger partial charge in [0.25, 0.3) is 0 Å². The molecule has 1 aromatic carbocycles. The Morgan fingerprint density at radius 3 is 2.47 bits per heavy atom. The first kappa shape index (κ1) is 25.4. The summed E-state index contributed by atoms with van der Waals surface area (Å²) < 4.78 is 72.6. The molecular weight excluding hydrogens is 495 g/mol. The van der Waals surface area contributed by atoms with Gasteiger partial charge in [-0.05, 0) is 29.6 Å². The Kier molecular flexibility index (Phi) is 7.53. The number of anilines is 1. The zero-order chi connectivity index (χ0) is 24.5. The maximum absolute atomic E-state index is 13.1. The van der Waals surface area contributed by atoms with Crippen LogP contribution in [0.1, 0.15) is 5.56 Å². The Hall–Kier alpha value is -1.74. The number of halogens is 3. The minimum absolute atomic E-state index is 0.0910. The highest BCUT2D eigenvalue weighted by atomic mass is 32.2. The predicted octanol–water partition coefficient (Wildman–Crippen LogP) is 1.36. The average Bonchev–Trinajstić information content (AvgIpc) is 3.46. The Balaban J connectivity index is 1.43. The van der Waals surface area contributed by atoms with Gasteiger partial charge in [0.15, 0.2) is 0 Å². The van der Waals surface area contributed by atoms with Gasteiger partial charge in [0.2, 0.25) is 10.0 Å². The first-order valence-electron chi connectivity index (χ1n) is 10.7. The van der Waals surface area contributed by atoms with E-state index in [4.69, 9.17) is 4.74 Å². The van der Waals surface area contributed by atoms with Crippen molar-refractivity contribution in [2.24, 2.45) is 0 Å². The van der Waals surface area contributed by atoms with Crippen LogP contribution in [0.2, 0.25) is 0 Å². The number of benzene rings is 1. The number of piperazine rings is 1. The molecule has 0 saturated carbocycles. The molecule has 2 aromatic rings. The Bertz CT molecular complexity index is 1060. The molecule has 0 radical (unpaired) electrons. The first-order chi connectivity index (χ1) is 16.1. The number of sulfonamides is 1. The second-order valence-corrected chi connectivity index (χ2v) is 11.2. The molecule has 8 nitrogen and oxygen atoms in total. The number of nitrogens with one attached hydrogen (secondary N) is 1. The topological polar surface area (TPSA) is 102 Å². The number of hydrogen-bond donors (Lipinski definition) is 3. The normalized spacial score (nSPS) is 26.8. The molecule has 4 rings (SSSR count). The maximum Gasteiger partial charge on any atom is 0.416 e. The lowest BCUT2D eigenvalue weighted by Crippen LogP contribution is -2.57. The van der Waals surface area contributed by atoms with E-state index >= 15 is 0 Å². The van der Waals surface area contributed by atoms with Crippen molar-refractivity contribution in [1.29, 1.82) is 0 Å². The summed E-state index contributed by atoms with van der Waals surface area (Å²) in [6.45, 7) is 1.17. The van der Waals surface area contributed by atoms with E-state index in [1.165, 1.54) is 12.1 Å². The molecule has 0 aliphatic carbocycles. The van der Waals surface area contributed by atoms with Crippen molar-refractivity contribution >= 4 is 27.0 Å². The zero-order valence-corrected chi connectivity index (χ0v) is 19.7. The molecule has 0 unspecified atom stereocenters. The van der Waals surface area contributed by atoms with Crippen LogP contribution in [-0.2, 0) is 20.9 Å². The highest BCUT2D eigenvalue weighted by molar-refractivity contribution is 7.91. The van der Waals surface area contributed by atoms with Gasteiger partial charge in [0, 0.05) is 38.4 Å². The number of rotatable bonds is 7. The molecule has 2 saturated heterocycles. The van der Waals surface area contributed by atoms with E-state index in [9.17, 15) is 31.8 Å². The van der Waals surface area contributed by atoms with Gasteiger partial charge < -0.3 is 19.8 Å². The SMILES string of the molecule is O=S(=O)(NC[C@H]1O[C@@H](CO)[C@@H](O)[C@H]1N1CCN(c2cccc(C(F)(F)F)c2)CC1)c1cccs1. The van der Waals surface area contributed by atoms with E-state index in [0.717, 1.165) is 23.5 Å². The van der Waals surface area contributed by atoms with Crippen LogP contribution >= 0.6 is 11.3 Å². The van der Waals surface area contributed by atoms with Crippen molar-refractivity contribution in [3.05, 3.63) is 47.3 Å². The van der Waals surface area contributed by atoms with E-state index < -0.39 is 52.7 Å². The monoisotopic (exact) mass is 521 g/mol. The van der Waals surface area contributed by atoms with Crippen LogP contribution in [-0.4, -0.2) is 87.2 Å². The van der Waals surface area contributed by atoms with Crippen LogP contribution in [0.3, 0.4) is 0 Å². The van der Waals surface area contributed by atoms with Gasteiger partial charge in [-0.1, -0.05) is 12.1 Å². The van der Waals surface area contributed by atoms with Gasteiger partial charge in [-0.15, -0.1) is 11.3 Å². The maximum atomic E-state index is 13.1. The summed E-state index contributed by atoms with van der Waals surface area (Å²) in [6.07, 6.45) is -7.03. The highest BCUT2D eigenvalue weighted by Crippen LogP contribution is 2.33. The van der Waals surface area contributed by atoms with E-state index in [1.807, 2.05) is 9.80 Å². The van der Waals surface area contributed by atoms with Gasteiger partial charge in [-0.25, -0.2) is 13.1 Å². The van der Waals surface area contributed by atoms with Crippen molar-refractivity contribution in [2.45, 2.75) is 34.7 Å². The fraction of sp³-hybridized carbons (Fsp3) is 0.524. The summed E-state index contributed by atoms with van der Waals surface area (Å²) in [5.74, 6) is 0. The summed E-state index contributed by atoms with van der Waals surface area (Å²) in [6, 6.07) is 7.69. The number of ether oxygens (including phenoxy) is 1. The predicted molar refractivity (Wildman–Crippen MR) is 120 cm³/mol. The molecule has 4 atom stereocenters. The molecule has 0 amide bonds. The molecular formula is C21H26F3N3O5S2. The van der Waals surface area contributed by atoms with Gasteiger partial charge in [0.05, 0.1) is 24.3 Å². The smallest absolute Gasteiger partial charge is 0.394 e. The van der Waals surface area contributed by atoms with E-state index in [1.54, 1.807) is 17.5 Å². The number of nitrogens with zero attached hydrogens (tertiary/aromatic N) is 2. The summed E-state index contributed by atoms with van der Waals surface area (Å²) in [5, 5.41) is 22.0. The minimum Gasteiger partial charge on any atom is -0.394 e. The van der Waals surface area contributed by atoms with Crippen LogP contribution in [0.15, 0.2) is 46.0 Å². The molecule has 13 heteroatoms. The van der Waals surface area contributed by atoms with Gasteiger partial charge >= 0.3 is 6.18 Å². The second kappa shape index (κ2) is 10.1. The first-order valence-corrected chi connectivity index (χ1v) is 13.1. The highest BCUT2D eigenvalue weighted by Gasteiger charge is 2.47. The third-order valence-electron chi connectivity index (χ3n) is 6.15. The fourth-order valence-corrected chi connectivity index (χ4v) is 6.52. The Morgan fingerprint density at radius 2 is 1.85 bits per heavy atom. The van der Waals surface area contributed by atoms with Crippen LogP contribution < -0.4 is 9.62 Å². The number of aliphatic hydroxyl groups excluding tert-OH is 2. The number of alkyl halides is 3. The lowest BCUT2D eigenvalue weighted by atomic mass is 10.0. The molecule has 0 spiro atoms. The molecule has 2 aliphatic rings. The Labute approximate surface area is 199 Å². The summed E-state index contributed by atoms with van der Waals surface area (Å²) >= 11 is 1.08. The lowest BCUT2D eigenvalue weighted by molar-refractivity contribution is -0.137. The van der Waals surface area contributed by atoms with Crippen molar-refractivity contribution in [3.8, 4) is 0 Å². The lowest BCUT2D eigenvalue weighted by Gasteiger charge is -2.41. The van der Waals surface area contributed by atoms with Crippen LogP contribution in [0.4, 0.5) is 18.9 Å². The standard InChI is InChI=1S/C21H26F3N3O5S2/c22-21(23,24)14-3-1-4-15(11-14)26-6-8-27(9-7-26)19-16(32-17(13-28)20(19)29)12-25-34(30,31)18-5-2-10-33-18/h1-5,10-11,16-17,19-20,25,28-29H,6-9,12-13H2/t16-,17+,19+,20-/m1/s1. The van der Waals surface area contributed by atoms with Crippen molar-refractivity contribution in [2.75, 3.05) is 44.2 Å². The van der Waals surface area contributed by atoms with E-state index in [2.05, 4.69) is 4.72 Å².